The number of carboxylic acids is 1. The van der Waals surface area contributed by atoms with Gasteiger partial charge in [-0.05, 0) is 24.1 Å². The third-order valence-corrected chi connectivity index (χ3v) is 3.32. The number of hydrogen-bond acceptors (Lipinski definition) is 3. The first-order valence-corrected chi connectivity index (χ1v) is 6.84. The van der Waals surface area contributed by atoms with Gasteiger partial charge < -0.3 is 14.6 Å². The van der Waals surface area contributed by atoms with Crippen molar-refractivity contribution in [3.8, 4) is 11.5 Å². The average molecular weight is 264 g/mol. The molecule has 1 aliphatic rings. The third kappa shape index (κ3) is 3.40. The molecule has 4 nitrogen and oxygen atoms in total. The second-order valence-corrected chi connectivity index (χ2v) is 4.79. The van der Waals surface area contributed by atoms with E-state index >= 15 is 0 Å². The first-order chi connectivity index (χ1) is 9.22. The van der Waals surface area contributed by atoms with Crippen molar-refractivity contribution in [3.05, 3.63) is 23.8 Å². The normalized spacial score (nSPS) is 15.6. The number of unbranched alkanes of at least 4 members (excludes halogenated alkanes) is 1. The van der Waals surface area contributed by atoms with Gasteiger partial charge in [0.1, 0.15) is 0 Å². The van der Waals surface area contributed by atoms with Crippen LogP contribution in [0.25, 0.3) is 0 Å². The molecule has 19 heavy (non-hydrogen) atoms. The highest BCUT2D eigenvalue weighted by molar-refractivity contribution is 5.76. The minimum atomic E-state index is -0.775. The minimum absolute atomic E-state index is 0.461. The third-order valence-electron chi connectivity index (χ3n) is 3.32. The van der Waals surface area contributed by atoms with E-state index in [9.17, 15) is 9.90 Å². The van der Waals surface area contributed by atoms with E-state index < -0.39 is 11.9 Å². The van der Waals surface area contributed by atoms with E-state index in [0.29, 0.717) is 31.1 Å². The van der Waals surface area contributed by atoms with Crippen LogP contribution in [-0.4, -0.2) is 24.3 Å². The van der Waals surface area contributed by atoms with E-state index in [4.69, 9.17) is 9.47 Å². The molecule has 1 heterocycles. The summed E-state index contributed by atoms with van der Waals surface area (Å²) in [6, 6.07) is 5.47. The van der Waals surface area contributed by atoms with Crippen molar-refractivity contribution < 1.29 is 19.4 Å². The molecule has 1 aromatic carbocycles. The Bertz CT molecular complexity index is 442. The van der Waals surface area contributed by atoms with Crippen LogP contribution in [-0.2, 0) is 4.79 Å². The zero-order valence-corrected chi connectivity index (χ0v) is 11.2. The molecule has 0 radical (unpaired) electrons. The van der Waals surface area contributed by atoms with Gasteiger partial charge in [-0.1, -0.05) is 25.8 Å². The monoisotopic (exact) mass is 264 g/mol. The van der Waals surface area contributed by atoms with E-state index in [1.54, 1.807) is 0 Å². The maximum Gasteiger partial charge on any atom is 0.310 e. The number of rotatable bonds is 5. The molecule has 2 rings (SSSR count). The van der Waals surface area contributed by atoms with Gasteiger partial charge in [-0.15, -0.1) is 0 Å². The Morgan fingerprint density at radius 1 is 1.32 bits per heavy atom. The van der Waals surface area contributed by atoms with E-state index in [2.05, 4.69) is 6.92 Å². The molecular weight excluding hydrogens is 244 g/mol. The fraction of sp³-hybridized carbons (Fsp3) is 0.533. The fourth-order valence-electron chi connectivity index (χ4n) is 2.24. The molecule has 0 fully saturated rings. The summed E-state index contributed by atoms with van der Waals surface area (Å²) < 4.78 is 11.2. The molecule has 1 atom stereocenters. The Morgan fingerprint density at radius 3 is 2.74 bits per heavy atom. The van der Waals surface area contributed by atoms with Gasteiger partial charge in [0.2, 0.25) is 0 Å². The van der Waals surface area contributed by atoms with Gasteiger partial charge in [0, 0.05) is 6.42 Å². The molecule has 1 aromatic rings. The van der Waals surface area contributed by atoms with Gasteiger partial charge in [-0.3, -0.25) is 4.79 Å². The van der Waals surface area contributed by atoms with Crippen LogP contribution in [0.2, 0.25) is 0 Å². The number of carbonyl (C=O) groups is 1. The van der Waals surface area contributed by atoms with Gasteiger partial charge in [-0.25, -0.2) is 0 Å². The average Bonchev–Trinajstić information content (AvgIpc) is 2.63. The molecule has 104 valence electrons. The smallest absolute Gasteiger partial charge is 0.310 e. The Morgan fingerprint density at radius 2 is 2.05 bits per heavy atom. The molecule has 0 amide bonds. The quantitative estimate of drug-likeness (QED) is 0.887. The second kappa shape index (κ2) is 6.45. The van der Waals surface area contributed by atoms with Gasteiger partial charge >= 0.3 is 5.97 Å². The van der Waals surface area contributed by atoms with Crippen molar-refractivity contribution in [2.75, 3.05) is 13.2 Å². The summed E-state index contributed by atoms with van der Waals surface area (Å²) in [5, 5.41) is 9.34. The van der Waals surface area contributed by atoms with Crippen LogP contribution in [0.1, 0.15) is 44.1 Å². The van der Waals surface area contributed by atoms with Crippen LogP contribution in [0, 0.1) is 0 Å². The minimum Gasteiger partial charge on any atom is -0.490 e. The van der Waals surface area contributed by atoms with Gasteiger partial charge in [-0.2, -0.15) is 0 Å². The summed E-state index contributed by atoms with van der Waals surface area (Å²) in [5.74, 6) is 0.138. The lowest BCUT2D eigenvalue weighted by Gasteiger charge is -2.15. The number of benzene rings is 1. The standard InChI is InChI=1S/C15H20O4/c1-2-3-5-12(15(16)17)11-6-7-13-14(10-11)19-9-4-8-18-13/h6-7,10,12H,2-5,8-9H2,1H3,(H,16,17). The Balaban J connectivity index is 2.23. The van der Waals surface area contributed by atoms with Gasteiger partial charge in [0.15, 0.2) is 11.5 Å². The predicted octanol–water partition coefficient (Wildman–Crippen LogP) is 3.21. The number of ether oxygens (including phenoxy) is 2. The largest absolute Gasteiger partial charge is 0.490 e. The van der Waals surface area contributed by atoms with Crippen LogP contribution in [0.3, 0.4) is 0 Å². The Hall–Kier alpha value is -1.71. The van der Waals surface area contributed by atoms with Gasteiger partial charge in [0.25, 0.3) is 0 Å². The van der Waals surface area contributed by atoms with Crippen LogP contribution in [0.4, 0.5) is 0 Å². The molecule has 0 aromatic heterocycles. The zero-order chi connectivity index (χ0) is 13.7. The van der Waals surface area contributed by atoms with Crippen LogP contribution < -0.4 is 9.47 Å². The first kappa shape index (κ1) is 13.7. The number of carboxylic acid groups (broad SMARTS) is 1. The molecule has 0 spiro atoms. The van der Waals surface area contributed by atoms with E-state index in [1.165, 1.54) is 0 Å². The van der Waals surface area contributed by atoms with Crippen molar-refractivity contribution in [1.82, 2.24) is 0 Å². The van der Waals surface area contributed by atoms with Crippen molar-refractivity contribution in [2.24, 2.45) is 0 Å². The topological polar surface area (TPSA) is 55.8 Å². The maximum atomic E-state index is 11.4. The molecule has 1 N–H and O–H groups in total. The molecule has 4 heteroatoms. The Labute approximate surface area is 113 Å². The van der Waals surface area contributed by atoms with Crippen molar-refractivity contribution >= 4 is 5.97 Å². The van der Waals surface area contributed by atoms with Crippen LogP contribution >= 0.6 is 0 Å². The summed E-state index contributed by atoms with van der Waals surface area (Å²) in [6.45, 7) is 3.32. The summed E-state index contributed by atoms with van der Waals surface area (Å²) in [5.41, 5.74) is 0.796. The van der Waals surface area contributed by atoms with Crippen LogP contribution in [0.5, 0.6) is 11.5 Å². The Kier molecular flexibility index (Phi) is 4.66. The summed E-state index contributed by atoms with van der Waals surface area (Å²) in [7, 11) is 0. The van der Waals surface area contributed by atoms with E-state index in [0.717, 1.165) is 24.8 Å². The lowest BCUT2D eigenvalue weighted by atomic mass is 9.93. The SMILES string of the molecule is CCCCC(C(=O)O)c1ccc2c(c1)OCCCO2. The highest BCUT2D eigenvalue weighted by Crippen LogP contribution is 2.34. The maximum absolute atomic E-state index is 11.4. The zero-order valence-electron chi connectivity index (χ0n) is 11.2. The number of fused-ring (bicyclic) bond motifs is 1. The number of hydrogen-bond donors (Lipinski definition) is 1. The molecule has 0 saturated heterocycles. The van der Waals surface area contributed by atoms with E-state index in [-0.39, 0.29) is 0 Å². The first-order valence-electron chi connectivity index (χ1n) is 6.84. The van der Waals surface area contributed by atoms with Crippen molar-refractivity contribution in [2.45, 2.75) is 38.5 Å². The van der Waals surface area contributed by atoms with Crippen molar-refractivity contribution in [3.63, 3.8) is 0 Å². The highest BCUT2D eigenvalue weighted by atomic mass is 16.5. The van der Waals surface area contributed by atoms with Crippen molar-refractivity contribution in [1.29, 1.82) is 0 Å². The molecule has 0 bridgehead atoms. The molecule has 0 aliphatic carbocycles. The summed E-state index contributed by atoms with van der Waals surface area (Å²) in [4.78, 5) is 11.4. The van der Waals surface area contributed by atoms with Crippen LogP contribution in [0.15, 0.2) is 18.2 Å². The summed E-state index contributed by atoms with van der Waals surface area (Å²) in [6.07, 6.45) is 3.41. The lowest BCUT2D eigenvalue weighted by Crippen LogP contribution is -2.11. The predicted molar refractivity (Wildman–Crippen MR) is 72.0 cm³/mol. The molecule has 1 unspecified atom stereocenters. The van der Waals surface area contributed by atoms with E-state index in [1.807, 2.05) is 18.2 Å². The molecule has 1 aliphatic heterocycles. The molecular formula is C15H20O4. The fourth-order valence-corrected chi connectivity index (χ4v) is 2.24. The van der Waals surface area contributed by atoms with Gasteiger partial charge in [0.05, 0.1) is 19.1 Å². The molecule has 0 saturated carbocycles. The second-order valence-electron chi connectivity index (χ2n) is 4.79. The highest BCUT2D eigenvalue weighted by Gasteiger charge is 2.21. The summed E-state index contributed by atoms with van der Waals surface area (Å²) >= 11 is 0. The lowest BCUT2D eigenvalue weighted by molar-refractivity contribution is -0.139. The number of aliphatic carboxylic acids is 1.